The molecular formula is C33H47N3O4Sn. The van der Waals surface area contributed by atoms with Gasteiger partial charge in [-0.3, -0.25) is 4.79 Å². The first-order chi connectivity index (χ1) is 19.9. The Hall–Kier alpha value is -2.42. The number of carbonyl (C=O) groups is 2. The van der Waals surface area contributed by atoms with E-state index in [0.717, 1.165) is 12.8 Å². The first-order valence-electron chi connectivity index (χ1n) is 15.7. The summed E-state index contributed by atoms with van der Waals surface area (Å²) in [6.07, 6.45) is 12.0. The predicted octanol–water partition coefficient (Wildman–Crippen LogP) is 6.37. The number of nitrogens with zero attached hydrogens (tertiary/aromatic N) is 2. The van der Waals surface area contributed by atoms with Crippen molar-refractivity contribution in [2.45, 2.75) is 104 Å². The molecule has 0 atom stereocenters. The van der Waals surface area contributed by atoms with Gasteiger partial charge < -0.3 is 4.74 Å². The first kappa shape index (κ1) is 31.5. The number of benzene rings is 1. The second-order valence-electron chi connectivity index (χ2n) is 11.9. The van der Waals surface area contributed by atoms with Gasteiger partial charge in [-0.15, -0.1) is 0 Å². The van der Waals surface area contributed by atoms with Gasteiger partial charge >= 0.3 is 227 Å². The molecule has 4 rings (SSSR count). The van der Waals surface area contributed by atoms with Crippen molar-refractivity contribution in [1.29, 1.82) is 0 Å². The SMILES string of the molecule is CCC[CH2][Sn]([CH2]CCC)([CH2]CCC)[c]1ccc2nc3c(C(=O)NC4CCC(C(=O)OC)CC4)cccn3c(=O)c2c1. The van der Waals surface area contributed by atoms with Gasteiger partial charge in [0.15, 0.2) is 0 Å². The van der Waals surface area contributed by atoms with Crippen LogP contribution in [0.2, 0.25) is 13.3 Å². The molecule has 1 aliphatic rings. The minimum absolute atomic E-state index is 0.0200. The Morgan fingerprint density at radius 2 is 1.61 bits per heavy atom. The van der Waals surface area contributed by atoms with E-state index in [1.807, 2.05) is 6.07 Å². The number of ether oxygens (including phenoxy) is 1. The van der Waals surface area contributed by atoms with E-state index < -0.39 is 18.4 Å². The molecule has 3 aromatic rings. The Morgan fingerprint density at radius 1 is 0.976 bits per heavy atom. The summed E-state index contributed by atoms with van der Waals surface area (Å²) in [5, 5.41) is 3.78. The van der Waals surface area contributed by atoms with E-state index in [9.17, 15) is 14.4 Å². The molecule has 1 aromatic carbocycles. The van der Waals surface area contributed by atoms with Crippen LogP contribution in [0.5, 0.6) is 0 Å². The van der Waals surface area contributed by atoms with Crippen LogP contribution >= 0.6 is 0 Å². The van der Waals surface area contributed by atoms with Crippen LogP contribution < -0.4 is 14.5 Å². The molecule has 1 amide bonds. The number of hydrogen-bond donors (Lipinski definition) is 1. The molecule has 222 valence electrons. The zero-order valence-corrected chi connectivity index (χ0v) is 28.2. The summed E-state index contributed by atoms with van der Waals surface area (Å²) in [6.45, 7) is 6.83. The van der Waals surface area contributed by atoms with Gasteiger partial charge in [-0.25, -0.2) is 0 Å². The summed E-state index contributed by atoms with van der Waals surface area (Å²) >= 11 is -2.72. The molecule has 1 aliphatic carbocycles. The van der Waals surface area contributed by atoms with Crippen LogP contribution in [0.15, 0.2) is 41.3 Å². The number of fused-ring (bicyclic) bond motifs is 2. The number of hydrogen-bond acceptors (Lipinski definition) is 5. The second kappa shape index (κ2) is 14.7. The summed E-state index contributed by atoms with van der Waals surface area (Å²) < 4.78 is 11.9. The van der Waals surface area contributed by atoms with E-state index in [0.29, 0.717) is 35.0 Å². The van der Waals surface area contributed by atoms with Crippen molar-refractivity contribution in [2.24, 2.45) is 5.92 Å². The van der Waals surface area contributed by atoms with Crippen molar-refractivity contribution in [3.05, 3.63) is 52.4 Å². The number of nitrogens with one attached hydrogen (secondary N) is 1. The van der Waals surface area contributed by atoms with Crippen LogP contribution in [0, 0.1) is 5.92 Å². The van der Waals surface area contributed by atoms with E-state index in [4.69, 9.17) is 9.72 Å². The number of unbranched alkanes of at least 4 members (excludes halogenated alkanes) is 3. The summed E-state index contributed by atoms with van der Waals surface area (Å²) in [6, 6.07) is 9.95. The fourth-order valence-electron chi connectivity index (χ4n) is 6.59. The third-order valence-electron chi connectivity index (χ3n) is 9.12. The first-order valence-corrected chi connectivity index (χ1v) is 23.2. The summed E-state index contributed by atoms with van der Waals surface area (Å²) in [5.74, 6) is -0.511. The van der Waals surface area contributed by atoms with Crippen molar-refractivity contribution in [3.8, 4) is 0 Å². The molecule has 0 saturated heterocycles. The zero-order valence-electron chi connectivity index (χ0n) is 25.3. The molecule has 0 spiro atoms. The molecule has 0 bridgehead atoms. The van der Waals surface area contributed by atoms with Gasteiger partial charge in [0.2, 0.25) is 0 Å². The van der Waals surface area contributed by atoms with Crippen LogP contribution in [-0.4, -0.2) is 52.8 Å². The monoisotopic (exact) mass is 669 g/mol. The summed E-state index contributed by atoms with van der Waals surface area (Å²) in [7, 11) is 1.42. The van der Waals surface area contributed by atoms with Crippen LogP contribution in [-0.2, 0) is 9.53 Å². The molecule has 2 aromatic heterocycles. The molecule has 0 unspecified atom stereocenters. The Morgan fingerprint density at radius 3 is 2.20 bits per heavy atom. The second-order valence-corrected chi connectivity index (χ2v) is 25.1. The van der Waals surface area contributed by atoms with E-state index >= 15 is 0 Å². The molecule has 1 saturated carbocycles. The molecule has 8 heteroatoms. The number of esters is 1. The fourth-order valence-corrected chi connectivity index (χ4v) is 22.6. The van der Waals surface area contributed by atoms with Gasteiger partial charge in [0, 0.05) is 0 Å². The number of pyridine rings is 1. The van der Waals surface area contributed by atoms with Crippen LogP contribution in [0.25, 0.3) is 16.6 Å². The summed E-state index contributed by atoms with van der Waals surface area (Å²) in [4.78, 5) is 44.0. The summed E-state index contributed by atoms with van der Waals surface area (Å²) in [5.41, 5.74) is 1.32. The quantitative estimate of drug-likeness (QED) is 0.130. The predicted molar refractivity (Wildman–Crippen MR) is 169 cm³/mol. The molecular weight excluding hydrogens is 621 g/mol. The van der Waals surface area contributed by atoms with Crippen molar-refractivity contribution >= 4 is 50.4 Å². The molecule has 1 fully saturated rings. The van der Waals surface area contributed by atoms with Crippen LogP contribution in [0.4, 0.5) is 0 Å². The van der Waals surface area contributed by atoms with Gasteiger partial charge in [-0.05, 0) is 0 Å². The Balaban J connectivity index is 1.67. The molecule has 7 nitrogen and oxygen atoms in total. The van der Waals surface area contributed by atoms with E-state index in [2.05, 4.69) is 38.2 Å². The fraction of sp³-hybridized carbons (Fsp3) is 0.576. The van der Waals surface area contributed by atoms with E-state index in [1.165, 1.54) is 66.9 Å². The average molecular weight is 668 g/mol. The topological polar surface area (TPSA) is 89.8 Å². The number of carbonyl (C=O) groups excluding carboxylic acids is 2. The standard InChI is InChI=1S/C21H20N3O4.3C4H9.Sn/c1-28-21(27)13-8-10-14(11-9-13)22-19(25)16-6-4-12-24-18(16)23-17-7-3-2-5-15(17)20(24)26;3*1-3-4-2;/h3-7,12-14H,8-11H2,1H3,(H,22,25);3*1,3-4H2,2H3;. The van der Waals surface area contributed by atoms with Gasteiger partial charge in [0.05, 0.1) is 13.0 Å². The van der Waals surface area contributed by atoms with Crippen LogP contribution in [0.1, 0.15) is 95.3 Å². The van der Waals surface area contributed by atoms with E-state index in [-0.39, 0.29) is 29.4 Å². The molecule has 0 radical (unpaired) electrons. The zero-order chi connectivity index (χ0) is 29.4. The van der Waals surface area contributed by atoms with Crippen molar-refractivity contribution in [2.75, 3.05) is 7.11 Å². The average Bonchev–Trinajstić information content (AvgIpc) is 3.00. The van der Waals surface area contributed by atoms with Gasteiger partial charge in [0.1, 0.15) is 0 Å². The molecule has 41 heavy (non-hydrogen) atoms. The third kappa shape index (κ3) is 7.15. The molecule has 0 aliphatic heterocycles. The number of methoxy groups -OCH3 is 1. The molecule has 2 heterocycles. The Bertz CT molecular complexity index is 1390. The van der Waals surface area contributed by atoms with E-state index in [1.54, 1.807) is 18.3 Å². The molecule has 1 N–H and O–H groups in total. The maximum atomic E-state index is 13.9. The van der Waals surface area contributed by atoms with Crippen LogP contribution in [0.3, 0.4) is 0 Å². The van der Waals surface area contributed by atoms with Crippen molar-refractivity contribution < 1.29 is 14.3 Å². The van der Waals surface area contributed by atoms with Gasteiger partial charge in [0.25, 0.3) is 0 Å². The van der Waals surface area contributed by atoms with Crippen molar-refractivity contribution in [1.82, 2.24) is 14.7 Å². The number of aromatic nitrogens is 2. The van der Waals surface area contributed by atoms with Gasteiger partial charge in [-0.1, -0.05) is 0 Å². The Labute approximate surface area is 248 Å². The minimum atomic E-state index is -2.72. The van der Waals surface area contributed by atoms with Gasteiger partial charge in [-0.2, -0.15) is 0 Å². The Kier molecular flexibility index (Phi) is 11.3. The maximum absolute atomic E-state index is 13.9. The third-order valence-corrected chi connectivity index (χ3v) is 24.7. The number of rotatable bonds is 13. The number of amides is 1. The van der Waals surface area contributed by atoms with Crippen molar-refractivity contribution in [3.63, 3.8) is 0 Å². The normalized spacial score (nSPS) is 17.6.